The number of ether oxygens (including phenoxy) is 5. The van der Waals surface area contributed by atoms with Gasteiger partial charge in [0.1, 0.15) is 72.2 Å². The lowest BCUT2D eigenvalue weighted by Gasteiger charge is -2.44. The van der Waals surface area contributed by atoms with Gasteiger partial charge in [0.25, 0.3) is 0 Å². The van der Waals surface area contributed by atoms with E-state index in [1.165, 1.54) is 24.3 Å². The lowest BCUT2D eigenvalue weighted by Crippen LogP contribution is -2.62. The van der Waals surface area contributed by atoms with E-state index >= 15 is 0 Å². The minimum absolute atomic E-state index is 0.0784. The number of aliphatic hydroxyl groups is 7. The van der Waals surface area contributed by atoms with Crippen LogP contribution in [-0.2, 0) is 25.4 Å². The molecule has 43 heavy (non-hydrogen) atoms. The first-order valence-electron chi connectivity index (χ1n) is 13.4. The first kappa shape index (κ1) is 31.4. The Morgan fingerprint density at radius 1 is 0.698 bits per heavy atom. The molecule has 2 saturated heterocycles. The third-order valence-corrected chi connectivity index (χ3v) is 7.75. The van der Waals surface area contributed by atoms with Crippen molar-refractivity contribution in [1.82, 2.24) is 0 Å². The van der Waals surface area contributed by atoms with Crippen LogP contribution in [0.2, 0.25) is 0 Å². The monoisotopic (exact) mass is 614 g/mol. The van der Waals surface area contributed by atoms with Gasteiger partial charge in [-0.3, -0.25) is 0 Å². The Kier molecular flexibility index (Phi) is 9.17. The van der Waals surface area contributed by atoms with Gasteiger partial charge < -0.3 is 79.9 Å². The molecule has 11 N–H and O–H groups in total. The van der Waals surface area contributed by atoms with Crippen LogP contribution in [0.1, 0.15) is 17.2 Å². The lowest BCUT2D eigenvalue weighted by molar-refractivity contribution is -0.338. The second kappa shape index (κ2) is 12.5. The molecular formula is C27H34O16. The first-order chi connectivity index (χ1) is 20.4. The van der Waals surface area contributed by atoms with Gasteiger partial charge in [-0.15, -0.1) is 0 Å². The molecule has 2 aromatic carbocycles. The highest BCUT2D eigenvalue weighted by molar-refractivity contribution is 5.52. The smallest absolute Gasteiger partial charge is 0.187 e. The van der Waals surface area contributed by atoms with E-state index in [1.54, 1.807) is 0 Å². The van der Waals surface area contributed by atoms with Crippen LogP contribution in [0.5, 0.6) is 28.7 Å². The Labute approximate surface area is 243 Å². The summed E-state index contributed by atoms with van der Waals surface area (Å²) >= 11 is 0. The molecule has 2 fully saturated rings. The van der Waals surface area contributed by atoms with Gasteiger partial charge in [-0.05, 0) is 17.7 Å². The minimum atomic E-state index is -1.82. The number of aliphatic hydroxyl groups excluding tert-OH is 7. The predicted molar refractivity (Wildman–Crippen MR) is 138 cm³/mol. The number of hydrogen-bond donors (Lipinski definition) is 11. The zero-order valence-corrected chi connectivity index (χ0v) is 22.4. The van der Waals surface area contributed by atoms with E-state index in [0.29, 0.717) is 5.56 Å². The SMILES string of the molecule is OC[C@H]1O[C@@H](OC[C@H]2O[C@@H](OC3Cc4c(O)cc(O)cc4OC3c3ccc(O)c(O)c3)[C@H](O)[C@@H](O)[C@@H]2O)[C@H](O)[C@@H](O)[C@@H]1O. The Morgan fingerprint density at radius 2 is 1.35 bits per heavy atom. The summed E-state index contributed by atoms with van der Waals surface area (Å²) in [4.78, 5) is 0. The Bertz CT molecular complexity index is 1270. The summed E-state index contributed by atoms with van der Waals surface area (Å²) in [5.41, 5.74) is 0.526. The van der Waals surface area contributed by atoms with Crippen molar-refractivity contribution in [3.63, 3.8) is 0 Å². The molecule has 3 aliphatic heterocycles. The van der Waals surface area contributed by atoms with Crippen LogP contribution in [0.25, 0.3) is 0 Å². The molecule has 3 aliphatic rings. The van der Waals surface area contributed by atoms with Crippen molar-refractivity contribution >= 4 is 0 Å². The maximum absolute atomic E-state index is 10.7. The van der Waals surface area contributed by atoms with Crippen LogP contribution in [0, 0.1) is 0 Å². The highest BCUT2D eigenvalue weighted by Gasteiger charge is 2.49. The average Bonchev–Trinajstić information content (AvgIpc) is 2.97. The van der Waals surface area contributed by atoms with Crippen molar-refractivity contribution in [2.75, 3.05) is 13.2 Å². The van der Waals surface area contributed by atoms with Crippen molar-refractivity contribution in [2.45, 2.75) is 80.0 Å². The number of benzene rings is 2. The maximum atomic E-state index is 10.7. The summed E-state index contributed by atoms with van der Waals surface area (Å²) < 4.78 is 28.5. The summed E-state index contributed by atoms with van der Waals surface area (Å²) in [6, 6.07) is 6.19. The second-order valence-electron chi connectivity index (χ2n) is 10.7. The van der Waals surface area contributed by atoms with Gasteiger partial charge >= 0.3 is 0 Å². The number of fused-ring (bicyclic) bond motifs is 1. The van der Waals surface area contributed by atoms with E-state index in [0.717, 1.165) is 6.07 Å². The lowest BCUT2D eigenvalue weighted by atomic mass is 9.93. The summed E-state index contributed by atoms with van der Waals surface area (Å²) in [6.45, 7) is -1.28. The van der Waals surface area contributed by atoms with Crippen molar-refractivity contribution in [3.05, 3.63) is 41.5 Å². The molecule has 0 radical (unpaired) electrons. The van der Waals surface area contributed by atoms with Gasteiger partial charge in [0.15, 0.2) is 30.2 Å². The van der Waals surface area contributed by atoms with E-state index in [4.69, 9.17) is 23.7 Å². The van der Waals surface area contributed by atoms with E-state index < -0.39 is 98.3 Å². The van der Waals surface area contributed by atoms with Gasteiger partial charge in [0.05, 0.1) is 13.2 Å². The molecule has 2 unspecified atom stereocenters. The molecule has 0 spiro atoms. The molecule has 5 rings (SSSR count). The van der Waals surface area contributed by atoms with Gasteiger partial charge in [-0.2, -0.15) is 0 Å². The van der Waals surface area contributed by atoms with Crippen LogP contribution >= 0.6 is 0 Å². The van der Waals surface area contributed by atoms with Crippen LogP contribution < -0.4 is 4.74 Å². The normalized spacial score (nSPS) is 37.8. The topological polar surface area (TPSA) is 269 Å². The van der Waals surface area contributed by atoms with Crippen molar-refractivity contribution < 1.29 is 79.9 Å². The standard InChI is InChI=1S/C27H34O16/c28-7-17-19(33)21(35)23(37)26(42-17)39-8-18-20(34)22(36)24(38)27(43-18)41-16-6-11-13(31)4-10(29)5-15(11)40-25(16)9-1-2-12(30)14(32)3-9/h1-5,16-38H,6-8H2/t16?,17-,18-,19-,20-,21+,22+,23-,24-,25?,26-,27-/m1/s1. The zero-order valence-electron chi connectivity index (χ0n) is 22.4. The summed E-state index contributed by atoms with van der Waals surface area (Å²) in [7, 11) is 0. The Morgan fingerprint density at radius 3 is 2.02 bits per heavy atom. The largest absolute Gasteiger partial charge is 0.508 e. The van der Waals surface area contributed by atoms with E-state index in [2.05, 4.69) is 0 Å². The second-order valence-corrected chi connectivity index (χ2v) is 10.7. The molecule has 0 amide bonds. The van der Waals surface area contributed by atoms with Gasteiger partial charge in [-0.1, -0.05) is 6.07 Å². The number of rotatable bonds is 7. The van der Waals surface area contributed by atoms with E-state index in [-0.39, 0.29) is 29.2 Å². The van der Waals surface area contributed by atoms with Gasteiger partial charge in [0.2, 0.25) is 0 Å². The molecule has 0 bridgehead atoms. The molecule has 0 saturated carbocycles. The molecular weight excluding hydrogens is 580 g/mol. The van der Waals surface area contributed by atoms with Gasteiger partial charge in [0, 0.05) is 24.1 Å². The van der Waals surface area contributed by atoms with Crippen LogP contribution in [0.4, 0.5) is 0 Å². The number of aromatic hydroxyl groups is 4. The molecule has 238 valence electrons. The molecule has 2 aromatic rings. The van der Waals surface area contributed by atoms with Crippen molar-refractivity contribution in [2.24, 2.45) is 0 Å². The fraction of sp³-hybridized carbons (Fsp3) is 0.556. The Balaban J connectivity index is 1.36. The first-order valence-corrected chi connectivity index (χ1v) is 13.4. The number of phenolic OH excluding ortho intramolecular Hbond substituents is 4. The summed E-state index contributed by atoms with van der Waals surface area (Å²) in [5, 5.41) is 112. The predicted octanol–water partition coefficient (Wildman–Crippen LogP) is -2.81. The zero-order chi connectivity index (χ0) is 31.2. The molecule has 0 aromatic heterocycles. The molecule has 16 nitrogen and oxygen atoms in total. The average molecular weight is 615 g/mol. The highest BCUT2D eigenvalue weighted by atomic mass is 16.7. The third kappa shape index (κ3) is 6.17. The third-order valence-electron chi connectivity index (χ3n) is 7.75. The fourth-order valence-corrected chi connectivity index (χ4v) is 5.30. The van der Waals surface area contributed by atoms with Crippen molar-refractivity contribution in [1.29, 1.82) is 0 Å². The highest BCUT2D eigenvalue weighted by Crippen LogP contribution is 2.44. The quantitative estimate of drug-likeness (QED) is 0.141. The van der Waals surface area contributed by atoms with Crippen LogP contribution in [-0.4, -0.2) is 137 Å². The van der Waals surface area contributed by atoms with E-state index in [1.807, 2.05) is 0 Å². The summed E-state index contributed by atoms with van der Waals surface area (Å²) in [6.07, 6.45) is -18.5. The molecule has 3 heterocycles. The maximum Gasteiger partial charge on any atom is 0.187 e. The fourth-order valence-electron chi connectivity index (χ4n) is 5.30. The van der Waals surface area contributed by atoms with Crippen LogP contribution in [0.3, 0.4) is 0 Å². The summed E-state index contributed by atoms with van der Waals surface area (Å²) in [5.74, 6) is -1.38. The van der Waals surface area contributed by atoms with Crippen LogP contribution in [0.15, 0.2) is 30.3 Å². The van der Waals surface area contributed by atoms with E-state index in [9.17, 15) is 56.2 Å². The Hall–Kier alpha value is -3.00. The molecule has 16 heteroatoms. The molecule has 0 aliphatic carbocycles. The number of hydrogen-bond acceptors (Lipinski definition) is 16. The van der Waals surface area contributed by atoms with Gasteiger partial charge in [-0.25, -0.2) is 0 Å². The number of phenols is 4. The van der Waals surface area contributed by atoms with Crippen molar-refractivity contribution in [3.8, 4) is 28.7 Å². The molecule has 12 atom stereocenters. The minimum Gasteiger partial charge on any atom is -0.508 e.